The van der Waals surface area contributed by atoms with Gasteiger partial charge in [-0.2, -0.15) is 0 Å². The molecule has 0 fully saturated rings. The molecule has 1 aromatic heterocycles. The first-order chi connectivity index (χ1) is 10.2. The largest absolute Gasteiger partial charge is 0.493 e. The van der Waals surface area contributed by atoms with Crippen LogP contribution in [0.25, 0.3) is 0 Å². The van der Waals surface area contributed by atoms with Gasteiger partial charge in [0.15, 0.2) is 0 Å². The van der Waals surface area contributed by atoms with Crippen LogP contribution in [-0.2, 0) is 6.42 Å². The molecule has 1 atom stereocenters. The molecule has 0 saturated carbocycles. The Labute approximate surface area is 136 Å². The molecule has 1 heterocycles. The zero-order valence-electron chi connectivity index (χ0n) is 12.6. The van der Waals surface area contributed by atoms with Gasteiger partial charge in [-0.1, -0.05) is 24.6 Å². The molecule has 0 aliphatic heterocycles. The zero-order chi connectivity index (χ0) is 15.1. The summed E-state index contributed by atoms with van der Waals surface area (Å²) in [5.74, 6) is 0.923. The van der Waals surface area contributed by atoms with E-state index in [9.17, 15) is 0 Å². The third kappa shape index (κ3) is 5.03. The first-order valence-electron chi connectivity index (χ1n) is 7.38. The Morgan fingerprint density at radius 2 is 2.19 bits per heavy atom. The predicted molar refractivity (Wildman–Crippen MR) is 91.7 cm³/mol. The lowest BCUT2D eigenvalue weighted by molar-refractivity contribution is 0.316. The number of rotatable bonds is 8. The van der Waals surface area contributed by atoms with Crippen molar-refractivity contribution in [3.8, 4) is 5.75 Å². The van der Waals surface area contributed by atoms with Gasteiger partial charge in [-0.25, -0.2) is 0 Å². The second-order valence-electron chi connectivity index (χ2n) is 5.04. The van der Waals surface area contributed by atoms with Gasteiger partial charge in [-0.3, -0.25) is 0 Å². The van der Waals surface area contributed by atoms with Gasteiger partial charge in [0.1, 0.15) is 5.75 Å². The van der Waals surface area contributed by atoms with Crippen LogP contribution >= 0.6 is 22.9 Å². The number of nitrogens with one attached hydrogen (secondary N) is 1. The summed E-state index contributed by atoms with van der Waals surface area (Å²) in [6.07, 6.45) is 2.05. The molecule has 1 aromatic carbocycles. The van der Waals surface area contributed by atoms with Crippen LogP contribution in [0, 0.1) is 0 Å². The Kier molecular flexibility index (Phi) is 6.55. The van der Waals surface area contributed by atoms with Gasteiger partial charge in [0, 0.05) is 27.9 Å². The summed E-state index contributed by atoms with van der Waals surface area (Å²) in [6, 6.07) is 10.3. The molecule has 114 valence electrons. The molecule has 0 saturated heterocycles. The highest BCUT2D eigenvalue weighted by atomic mass is 35.5. The smallest absolute Gasteiger partial charge is 0.124 e. The predicted octanol–water partition coefficient (Wildman–Crippen LogP) is 5.08. The van der Waals surface area contributed by atoms with E-state index in [4.69, 9.17) is 16.3 Å². The Balaban J connectivity index is 2.00. The summed E-state index contributed by atoms with van der Waals surface area (Å²) < 4.78 is 5.97. The van der Waals surface area contributed by atoms with Crippen LogP contribution in [-0.4, -0.2) is 13.2 Å². The Morgan fingerprint density at radius 1 is 1.33 bits per heavy atom. The van der Waals surface area contributed by atoms with Crippen LogP contribution in [0.15, 0.2) is 35.7 Å². The van der Waals surface area contributed by atoms with E-state index in [1.54, 1.807) is 11.3 Å². The van der Waals surface area contributed by atoms with E-state index in [0.717, 1.165) is 35.7 Å². The van der Waals surface area contributed by atoms with E-state index in [1.807, 2.05) is 18.2 Å². The first-order valence-corrected chi connectivity index (χ1v) is 8.64. The highest BCUT2D eigenvalue weighted by Crippen LogP contribution is 2.28. The second kappa shape index (κ2) is 8.42. The van der Waals surface area contributed by atoms with E-state index in [0.29, 0.717) is 6.61 Å². The summed E-state index contributed by atoms with van der Waals surface area (Å²) >= 11 is 7.90. The lowest BCUT2D eigenvalue weighted by Gasteiger charge is -2.18. The van der Waals surface area contributed by atoms with Crippen molar-refractivity contribution in [2.24, 2.45) is 0 Å². The minimum atomic E-state index is 0.236. The Bertz CT molecular complexity index is 542. The maximum Gasteiger partial charge on any atom is 0.124 e. The molecule has 0 aliphatic carbocycles. The fourth-order valence-corrected chi connectivity index (χ4v) is 3.05. The summed E-state index contributed by atoms with van der Waals surface area (Å²) in [6.45, 7) is 5.99. The summed E-state index contributed by atoms with van der Waals surface area (Å²) in [4.78, 5) is 1.35. The molecule has 0 aliphatic rings. The molecular weight excluding hydrogens is 302 g/mol. The van der Waals surface area contributed by atoms with Crippen molar-refractivity contribution < 1.29 is 4.74 Å². The van der Waals surface area contributed by atoms with Crippen LogP contribution in [0.2, 0.25) is 5.02 Å². The normalized spacial score (nSPS) is 12.3. The van der Waals surface area contributed by atoms with Crippen LogP contribution in [0.1, 0.15) is 36.8 Å². The average Bonchev–Trinajstić information content (AvgIpc) is 2.99. The van der Waals surface area contributed by atoms with E-state index >= 15 is 0 Å². The summed E-state index contributed by atoms with van der Waals surface area (Å²) in [5, 5.41) is 6.33. The number of ether oxygens (including phenoxy) is 1. The topological polar surface area (TPSA) is 21.3 Å². The zero-order valence-corrected chi connectivity index (χ0v) is 14.1. The molecule has 0 radical (unpaired) electrons. The molecule has 2 rings (SSSR count). The maximum atomic E-state index is 6.13. The quantitative estimate of drug-likeness (QED) is 0.731. The van der Waals surface area contributed by atoms with Crippen LogP contribution in [0.4, 0.5) is 0 Å². The minimum Gasteiger partial charge on any atom is -0.493 e. The van der Waals surface area contributed by atoms with Gasteiger partial charge in [0.25, 0.3) is 0 Å². The van der Waals surface area contributed by atoms with Crippen molar-refractivity contribution in [2.75, 3.05) is 13.2 Å². The number of benzene rings is 1. The second-order valence-corrected chi connectivity index (χ2v) is 6.50. The van der Waals surface area contributed by atoms with Crippen molar-refractivity contribution in [3.05, 3.63) is 51.2 Å². The number of halogens is 1. The SMILES string of the molecule is CCCNC(C)c1cc(Cl)ccc1OCCc1cccs1. The van der Waals surface area contributed by atoms with Gasteiger partial charge >= 0.3 is 0 Å². The molecule has 4 heteroatoms. The van der Waals surface area contributed by atoms with E-state index in [1.165, 1.54) is 4.88 Å². The monoisotopic (exact) mass is 323 g/mol. The van der Waals surface area contributed by atoms with Crippen molar-refractivity contribution in [2.45, 2.75) is 32.7 Å². The van der Waals surface area contributed by atoms with E-state index < -0.39 is 0 Å². The molecule has 21 heavy (non-hydrogen) atoms. The standard InChI is InChI=1S/C17H22ClNOS/c1-3-9-19-13(2)16-12-14(18)6-7-17(16)20-10-8-15-5-4-11-21-15/h4-7,11-13,19H,3,8-10H2,1-2H3. The average molecular weight is 324 g/mol. The van der Waals surface area contributed by atoms with Crippen LogP contribution < -0.4 is 10.1 Å². The highest BCUT2D eigenvalue weighted by Gasteiger charge is 2.12. The lowest BCUT2D eigenvalue weighted by atomic mass is 10.1. The molecule has 0 amide bonds. The third-order valence-corrected chi connectivity index (χ3v) is 4.50. The van der Waals surface area contributed by atoms with Crippen molar-refractivity contribution >= 4 is 22.9 Å². The Hall–Kier alpha value is -1.03. The number of hydrogen-bond acceptors (Lipinski definition) is 3. The number of hydrogen-bond donors (Lipinski definition) is 1. The van der Waals surface area contributed by atoms with E-state index in [-0.39, 0.29) is 6.04 Å². The van der Waals surface area contributed by atoms with E-state index in [2.05, 4.69) is 36.7 Å². The van der Waals surface area contributed by atoms with Gasteiger partial charge < -0.3 is 10.1 Å². The molecular formula is C17H22ClNOS. The Morgan fingerprint density at radius 3 is 2.90 bits per heavy atom. The van der Waals surface area contributed by atoms with Crippen LogP contribution in [0.5, 0.6) is 5.75 Å². The number of thiophene rings is 1. The van der Waals surface area contributed by atoms with Gasteiger partial charge in [-0.05, 0) is 49.5 Å². The van der Waals surface area contributed by atoms with Crippen LogP contribution in [0.3, 0.4) is 0 Å². The summed E-state index contributed by atoms with van der Waals surface area (Å²) in [5.41, 5.74) is 1.13. The molecule has 1 unspecified atom stereocenters. The first kappa shape index (κ1) is 16.3. The molecule has 1 N–H and O–H groups in total. The van der Waals surface area contributed by atoms with Gasteiger partial charge in [-0.15, -0.1) is 11.3 Å². The van der Waals surface area contributed by atoms with Crippen molar-refractivity contribution in [3.63, 3.8) is 0 Å². The van der Waals surface area contributed by atoms with Gasteiger partial charge in [0.2, 0.25) is 0 Å². The molecule has 0 bridgehead atoms. The van der Waals surface area contributed by atoms with Crippen molar-refractivity contribution in [1.82, 2.24) is 5.32 Å². The fourth-order valence-electron chi connectivity index (χ4n) is 2.18. The molecule has 0 spiro atoms. The summed E-state index contributed by atoms with van der Waals surface area (Å²) in [7, 11) is 0. The lowest BCUT2D eigenvalue weighted by Crippen LogP contribution is -2.20. The minimum absolute atomic E-state index is 0.236. The highest BCUT2D eigenvalue weighted by molar-refractivity contribution is 7.09. The fraction of sp³-hybridized carbons (Fsp3) is 0.412. The molecule has 2 aromatic rings. The maximum absolute atomic E-state index is 6.13. The third-order valence-electron chi connectivity index (χ3n) is 3.32. The van der Waals surface area contributed by atoms with Crippen molar-refractivity contribution in [1.29, 1.82) is 0 Å². The molecule has 2 nitrogen and oxygen atoms in total. The van der Waals surface area contributed by atoms with Gasteiger partial charge in [0.05, 0.1) is 6.61 Å².